The molecule has 7 nitrogen and oxygen atoms in total. The van der Waals surface area contributed by atoms with E-state index in [1.165, 1.54) is 0 Å². The summed E-state index contributed by atoms with van der Waals surface area (Å²) in [6.07, 6.45) is 1.70. The molecule has 2 rings (SSSR count). The summed E-state index contributed by atoms with van der Waals surface area (Å²) in [6.45, 7) is 11.0. The monoisotopic (exact) mass is 406 g/mol. The van der Waals surface area contributed by atoms with Crippen LogP contribution in [0.5, 0.6) is 5.75 Å². The summed E-state index contributed by atoms with van der Waals surface area (Å²) in [4.78, 5) is 6.68. The van der Waals surface area contributed by atoms with E-state index in [1.807, 2.05) is 18.2 Å². The topological polar surface area (TPSA) is 78.4 Å². The van der Waals surface area contributed by atoms with Crippen molar-refractivity contribution in [2.75, 3.05) is 59.7 Å². The van der Waals surface area contributed by atoms with Crippen LogP contribution < -0.4 is 15.4 Å². The van der Waals surface area contributed by atoms with Gasteiger partial charge in [0, 0.05) is 50.9 Å². The minimum Gasteiger partial charge on any atom is -0.492 e. The molecule has 0 aliphatic carbocycles. The second-order valence-corrected chi connectivity index (χ2v) is 7.54. The number of hydrogen-bond donors (Lipinski definition) is 3. The van der Waals surface area contributed by atoms with Crippen molar-refractivity contribution >= 4 is 5.96 Å². The van der Waals surface area contributed by atoms with Crippen molar-refractivity contribution in [2.45, 2.75) is 33.2 Å². The molecule has 1 aromatic carbocycles. The molecule has 1 saturated heterocycles. The SMILES string of the molecule is CCN(CC)CCOc1ccccc1CNC(=NC)NCC1(CCO)CCOC1. The van der Waals surface area contributed by atoms with Gasteiger partial charge < -0.3 is 30.1 Å². The number of rotatable bonds is 12. The molecule has 1 aliphatic rings. The molecule has 0 bridgehead atoms. The van der Waals surface area contributed by atoms with E-state index in [-0.39, 0.29) is 12.0 Å². The zero-order chi connectivity index (χ0) is 21.0. The van der Waals surface area contributed by atoms with Crippen LogP contribution in [0.25, 0.3) is 0 Å². The number of nitrogens with zero attached hydrogens (tertiary/aromatic N) is 2. The van der Waals surface area contributed by atoms with E-state index in [2.05, 4.69) is 40.4 Å². The quantitative estimate of drug-likeness (QED) is 0.363. The van der Waals surface area contributed by atoms with Gasteiger partial charge in [0.05, 0.1) is 6.61 Å². The Kier molecular flexibility index (Phi) is 10.2. The number of likely N-dealkylation sites (N-methyl/N-ethyl adjacent to an activating group) is 1. The number of nitrogens with one attached hydrogen (secondary N) is 2. The highest BCUT2D eigenvalue weighted by molar-refractivity contribution is 5.79. The molecule has 0 spiro atoms. The Balaban J connectivity index is 1.86. The van der Waals surface area contributed by atoms with Crippen molar-refractivity contribution in [3.63, 3.8) is 0 Å². The summed E-state index contributed by atoms with van der Waals surface area (Å²) in [6, 6.07) is 8.12. The van der Waals surface area contributed by atoms with E-state index in [4.69, 9.17) is 9.47 Å². The minimum atomic E-state index is -0.0161. The first-order chi connectivity index (χ1) is 14.2. The summed E-state index contributed by atoms with van der Waals surface area (Å²) in [7, 11) is 1.77. The lowest BCUT2D eigenvalue weighted by Gasteiger charge is -2.27. The molecule has 0 saturated carbocycles. The minimum absolute atomic E-state index is 0.0161. The summed E-state index contributed by atoms with van der Waals surface area (Å²) < 4.78 is 11.6. The van der Waals surface area contributed by atoms with E-state index in [9.17, 15) is 5.11 Å². The number of aliphatic hydroxyl groups excluding tert-OH is 1. The molecular formula is C22H38N4O3. The molecule has 29 heavy (non-hydrogen) atoms. The van der Waals surface area contributed by atoms with Crippen molar-refractivity contribution in [1.82, 2.24) is 15.5 Å². The Morgan fingerprint density at radius 2 is 2.07 bits per heavy atom. The van der Waals surface area contributed by atoms with Crippen LogP contribution in [0.3, 0.4) is 0 Å². The van der Waals surface area contributed by atoms with Gasteiger partial charge in [0.1, 0.15) is 12.4 Å². The van der Waals surface area contributed by atoms with Gasteiger partial charge in [-0.2, -0.15) is 0 Å². The van der Waals surface area contributed by atoms with E-state index in [0.29, 0.717) is 19.8 Å². The molecule has 1 atom stereocenters. The fourth-order valence-electron chi connectivity index (χ4n) is 3.60. The van der Waals surface area contributed by atoms with Crippen LogP contribution in [0.2, 0.25) is 0 Å². The van der Waals surface area contributed by atoms with Crippen molar-refractivity contribution in [1.29, 1.82) is 0 Å². The number of para-hydroxylation sites is 1. The number of guanidine groups is 1. The summed E-state index contributed by atoms with van der Waals surface area (Å²) in [5.41, 5.74) is 1.09. The molecule has 3 N–H and O–H groups in total. The molecule has 164 valence electrons. The molecule has 1 aromatic rings. The molecule has 1 heterocycles. The number of aliphatic imine (C=N–C) groups is 1. The molecule has 1 fully saturated rings. The van der Waals surface area contributed by atoms with E-state index in [1.54, 1.807) is 7.05 Å². The first-order valence-electron chi connectivity index (χ1n) is 10.7. The highest BCUT2D eigenvalue weighted by Gasteiger charge is 2.34. The molecule has 7 heteroatoms. The van der Waals surface area contributed by atoms with Crippen LogP contribution in [0.4, 0.5) is 0 Å². The maximum atomic E-state index is 9.39. The summed E-state index contributed by atoms with van der Waals surface area (Å²) in [5, 5.41) is 16.2. The van der Waals surface area contributed by atoms with Crippen molar-refractivity contribution in [2.24, 2.45) is 10.4 Å². The summed E-state index contributed by atoms with van der Waals surface area (Å²) in [5.74, 6) is 1.65. The standard InChI is InChI=1S/C22H38N4O3/c1-4-26(5-2)12-15-29-20-9-7-6-8-19(20)16-24-21(23-3)25-17-22(10-13-27)11-14-28-18-22/h6-9,27H,4-5,10-18H2,1-3H3,(H2,23,24,25). The molecular weight excluding hydrogens is 368 g/mol. The lowest BCUT2D eigenvalue weighted by molar-refractivity contribution is 0.127. The maximum Gasteiger partial charge on any atom is 0.191 e. The van der Waals surface area contributed by atoms with Crippen LogP contribution in [-0.2, 0) is 11.3 Å². The highest BCUT2D eigenvalue weighted by Crippen LogP contribution is 2.31. The smallest absolute Gasteiger partial charge is 0.191 e. The van der Waals surface area contributed by atoms with Crippen molar-refractivity contribution in [3.8, 4) is 5.75 Å². The molecule has 1 unspecified atom stereocenters. The Morgan fingerprint density at radius 3 is 2.72 bits per heavy atom. The predicted molar refractivity (Wildman–Crippen MR) is 117 cm³/mol. The maximum absolute atomic E-state index is 9.39. The zero-order valence-corrected chi connectivity index (χ0v) is 18.2. The Hall–Kier alpha value is -1.83. The third kappa shape index (κ3) is 7.49. The molecule has 0 aromatic heterocycles. The lowest BCUT2D eigenvalue weighted by Crippen LogP contribution is -2.44. The van der Waals surface area contributed by atoms with Crippen LogP contribution in [0.15, 0.2) is 29.3 Å². The van der Waals surface area contributed by atoms with Crippen molar-refractivity contribution in [3.05, 3.63) is 29.8 Å². The van der Waals surface area contributed by atoms with Gasteiger partial charge in [0.25, 0.3) is 0 Å². The molecule has 0 amide bonds. The lowest BCUT2D eigenvalue weighted by atomic mass is 9.84. The molecule has 0 radical (unpaired) electrons. The normalized spacial score (nSPS) is 19.6. The van der Waals surface area contributed by atoms with Crippen LogP contribution in [-0.4, -0.2) is 75.6 Å². The van der Waals surface area contributed by atoms with Crippen LogP contribution >= 0.6 is 0 Å². The Bertz CT molecular complexity index is 614. The predicted octanol–water partition coefficient (Wildman–Crippen LogP) is 1.86. The number of benzene rings is 1. The zero-order valence-electron chi connectivity index (χ0n) is 18.2. The van der Waals surface area contributed by atoms with Gasteiger partial charge in [-0.1, -0.05) is 32.0 Å². The van der Waals surface area contributed by atoms with Gasteiger partial charge in [0.15, 0.2) is 5.96 Å². The average Bonchev–Trinajstić information content (AvgIpc) is 3.21. The number of hydrogen-bond acceptors (Lipinski definition) is 5. The fourth-order valence-corrected chi connectivity index (χ4v) is 3.60. The number of ether oxygens (including phenoxy) is 2. The van der Waals surface area contributed by atoms with Gasteiger partial charge in [-0.25, -0.2) is 0 Å². The van der Waals surface area contributed by atoms with Gasteiger partial charge in [0.2, 0.25) is 0 Å². The largest absolute Gasteiger partial charge is 0.492 e. The second kappa shape index (κ2) is 12.7. The van der Waals surface area contributed by atoms with Gasteiger partial charge in [-0.3, -0.25) is 4.99 Å². The van der Waals surface area contributed by atoms with E-state index in [0.717, 1.165) is 62.9 Å². The van der Waals surface area contributed by atoms with Crippen molar-refractivity contribution < 1.29 is 14.6 Å². The average molecular weight is 407 g/mol. The summed E-state index contributed by atoms with van der Waals surface area (Å²) >= 11 is 0. The van der Waals surface area contributed by atoms with Gasteiger partial charge in [-0.05, 0) is 32.0 Å². The Morgan fingerprint density at radius 1 is 1.28 bits per heavy atom. The molecule has 1 aliphatic heterocycles. The van der Waals surface area contributed by atoms with Gasteiger partial charge in [-0.15, -0.1) is 0 Å². The van der Waals surface area contributed by atoms with E-state index >= 15 is 0 Å². The van der Waals surface area contributed by atoms with Crippen LogP contribution in [0, 0.1) is 5.41 Å². The number of aliphatic hydroxyl groups is 1. The van der Waals surface area contributed by atoms with Gasteiger partial charge >= 0.3 is 0 Å². The highest BCUT2D eigenvalue weighted by atomic mass is 16.5. The first kappa shape index (κ1) is 23.4. The third-order valence-electron chi connectivity index (χ3n) is 5.66. The second-order valence-electron chi connectivity index (χ2n) is 7.54. The van der Waals surface area contributed by atoms with Crippen LogP contribution in [0.1, 0.15) is 32.3 Å². The third-order valence-corrected chi connectivity index (χ3v) is 5.66. The van der Waals surface area contributed by atoms with E-state index < -0.39 is 0 Å². The Labute approximate surface area is 175 Å². The fraction of sp³-hybridized carbons (Fsp3) is 0.682. The first-order valence-corrected chi connectivity index (χ1v) is 10.7.